The third-order valence-corrected chi connectivity index (χ3v) is 3.84. The molecular formula is C19H20Cl2N2O3. The van der Waals surface area contributed by atoms with Crippen LogP contribution in [0.5, 0.6) is 11.5 Å². The van der Waals surface area contributed by atoms with Gasteiger partial charge in [-0.3, -0.25) is 4.79 Å². The van der Waals surface area contributed by atoms with Gasteiger partial charge >= 0.3 is 0 Å². The van der Waals surface area contributed by atoms with E-state index in [0.717, 1.165) is 17.7 Å². The van der Waals surface area contributed by atoms with Crippen LogP contribution in [-0.4, -0.2) is 24.8 Å². The molecule has 2 aromatic carbocycles. The number of rotatable bonds is 8. The first-order valence-electron chi connectivity index (χ1n) is 8.17. The van der Waals surface area contributed by atoms with E-state index >= 15 is 0 Å². The van der Waals surface area contributed by atoms with Crippen LogP contribution in [0.1, 0.15) is 25.8 Å². The summed E-state index contributed by atoms with van der Waals surface area (Å²) in [5, 5.41) is 4.77. The second-order valence-electron chi connectivity index (χ2n) is 5.49. The Hall–Kier alpha value is -2.24. The predicted molar refractivity (Wildman–Crippen MR) is 105 cm³/mol. The Morgan fingerprint density at radius 1 is 1.23 bits per heavy atom. The summed E-state index contributed by atoms with van der Waals surface area (Å²) >= 11 is 11.9. The molecule has 0 bridgehead atoms. The predicted octanol–water partition coefficient (Wildman–Crippen LogP) is 4.70. The third-order valence-electron chi connectivity index (χ3n) is 3.31. The van der Waals surface area contributed by atoms with E-state index in [0.29, 0.717) is 22.4 Å². The molecule has 1 amide bonds. The van der Waals surface area contributed by atoms with Gasteiger partial charge in [-0.2, -0.15) is 5.10 Å². The van der Waals surface area contributed by atoms with Gasteiger partial charge in [0.2, 0.25) is 0 Å². The van der Waals surface area contributed by atoms with Crippen molar-refractivity contribution < 1.29 is 14.3 Å². The maximum atomic E-state index is 12.0. The fraction of sp³-hybridized carbons (Fsp3) is 0.263. The minimum Gasteiger partial charge on any atom is -0.494 e. The van der Waals surface area contributed by atoms with Crippen LogP contribution in [0.3, 0.4) is 0 Å². The van der Waals surface area contributed by atoms with Gasteiger partial charge < -0.3 is 9.47 Å². The van der Waals surface area contributed by atoms with Gasteiger partial charge in [0.15, 0.2) is 6.10 Å². The van der Waals surface area contributed by atoms with Crippen molar-refractivity contribution in [2.24, 2.45) is 5.10 Å². The first-order valence-corrected chi connectivity index (χ1v) is 8.92. The van der Waals surface area contributed by atoms with Crippen molar-refractivity contribution in [3.8, 4) is 11.5 Å². The molecule has 0 fully saturated rings. The highest BCUT2D eigenvalue weighted by atomic mass is 35.5. The van der Waals surface area contributed by atoms with Gasteiger partial charge in [-0.15, -0.1) is 0 Å². The lowest BCUT2D eigenvalue weighted by Gasteiger charge is -2.14. The van der Waals surface area contributed by atoms with Gasteiger partial charge in [-0.1, -0.05) is 30.1 Å². The van der Waals surface area contributed by atoms with E-state index in [1.54, 1.807) is 31.3 Å². The third kappa shape index (κ3) is 6.24. The summed E-state index contributed by atoms with van der Waals surface area (Å²) in [5.74, 6) is 0.787. The summed E-state index contributed by atoms with van der Waals surface area (Å²) < 4.78 is 11.0. The molecule has 1 unspecified atom stereocenters. The fourth-order valence-electron chi connectivity index (χ4n) is 1.95. The number of benzene rings is 2. The number of hydrogen-bond acceptors (Lipinski definition) is 4. The van der Waals surface area contributed by atoms with Crippen LogP contribution in [0.15, 0.2) is 47.6 Å². The average molecular weight is 395 g/mol. The molecular weight excluding hydrogens is 375 g/mol. The van der Waals surface area contributed by atoms with Crippen molar-refractivity contribution in [1.82, 2.24) is 5.43 Å². The van der Waals surface area contributed by atoms with Gasteiger partial charge in [-0.05, 0) is 61.4 Å². The van der Waals surface area contributed by atoms with E-state index in [2.05, 4.69) is 17.5 Å². The van der Waals surface area contributed by atoms with Crippen molar-refractivity contribution in [2.45, 2.75) is 26.4 Å². The number of hydrogen-bond donors (Lipinski definition) is 1. The van der Waals surface area contributed by atoms with Crippen LogP contribution in [0.25, 0.3) is 0 Å². The highest BCUT2D eigenvalue weighted by molar-refractivity contribution is 6.35. The highest BCUT2D eigenvalue weighted by Crippen LogP contribution is 2.28. The molecule has 0 aromatic heterocycles. The Labute approximate surface area is 162 Å². The van der Waals surface area contributed by atoms with Gasteiger partial charge in [0.05, 0.1) is 17.8 Å². The van der Waals surface area contributed by atoms with E-state index in [1.807, 2.05) is 24.3 Å². The minimum absolute atomic E-state index is 0.339. The number of nitrogens with one attached hydrogen (secondary N) is 1. The van der Waals surface area contributed by atoms with Crippen LogP contribution < -0.4 is 14.9 Å². The zero-order chi connectivity index (χ0) is 18.9. The van der Waals surface area contributed by atoms with Crippen molar-refractivity contribution in [3.63, 3.8) is 0 Å². The van der Waals surface area contributed by atoms with Crippen LogP contribution in [0.4, 0.5) is 0 Å². The number of ether oxygens (including phenoxy) is 2. The minimum atomic E-state index is -0.768. The van der Waals surface area contributed by atoms with Gasteiger partial charge in [0.25, 0.3) is 5.91 Å². The Kier molecular flexibility index (Phi) is 7.75. The number of carbonyl (C=O) groups is 1. The number of nitrogens with zero attached hydrogens (tertiary/aromatic N) is 1. The van der Waals surface area contributed by atoms with E-state index in [1.165, 1.54) is 0 Å². The molecule has 1 N–H and O–H groups in total. The number of carbonyl (C=O) groups excluding carboxylic acids is 1. The zero-order valence-electron chi connectivity index (χ0n) is 14.5. The molecule has 0 radical (unpaired) electrons. The first kappa shape index (κ1) is 20.1. The molecule has 26 heavy (non-hydrogen) atoms. The Morgan fingerprint density at radius 2 is 1.96 bits per heavy atom. The summed E-state index contributed by atoms with van der Waals surface area (Å²) in [4.78, 5) is 12.0. The lowest BCUT2D eigenvalue weighted by Crippen LogP contribution is -2.33. The van der Waals surface area contributed by atoms with E-state index in [-0.39, 0.29) is 0 Å². The van der Waals surface area contributed by atoms with Crippen molar-refractivity contribution >= 4 is 35.3 Å². The summed E-state index contributed by atoms with van der Waals surface area (Å²) in [7, 11) is 0. The monoisotopic (exact) mass is 394 g/mol. The van der Waals surface area contributed by atoms with Gasteiger partial charge in [0, 0.05) is 5.02 Å². The molecule has 7 heteroatoms. The molecule has 5 nitrogen and oxygen atoms in total. The van der Waals surface area contributed by atoms with Gasteiger partial charge in [0.1, 0.15) is 11.5 Å². The smallest absolute Gasteiger partial charge is 0.280 e. The normalized spacial score (nSPS) is 12.0. The molecule has 0 aliphatic carbocycles. The second kappa shape index (κ2) is 10.0. The lowest BCUT2D eigenvalue weighted by atomic mass is 10.2. The molecule has 0 heterocycles. The van der Waals surface area contributed by atoms with E-state index in [9.17, 15) is 4.79 Å². The van der Waals surface area contributed by atoms with Crippen LogP contribution in [-0.2, 0) is 4.79 Å². The number of amides is 1. The Morgan fingerprint density at radius 3 is 2.62 bits per heavy atom. The van der Waals surface area contributed by atoms with Crippen LogP contribution in [0.2, 0.25) is 10.0 Å². The second-order valence-corrected chi connectivity index (χ2v) is 6.33. The zero-order valence-corrected chi connectivity index (χ0v) is 16.1. The summed E-state index contributed by atoms with van der Waals surface area (Å²) in [6.07, 6.45) is 1.73. The number of halogens is 2. The topological polar surface area (TPSA) is 59.9 Å². The molecule has 1 atom stereocenters. The molecule has 2 aromatic rings. The van der Waals surface area contributed by atoms with Crippen LogP contribution >= 0.6 is 23.2 Å². The molecule has 138 valence electrons. The molecule has 0 aliphatic rings. The SMILES string of the molecule is CCCOc1ccc(C=NNC(=O)C(C)Oc2ccc(Cl)cc2Cl)cc1. The lowest BCUT2D eigenvalue weighted by molar-refractivity contribution is -0.127. The van der Waals surface area contributed by atoms with Crippen molar-refractivity contribution in [2.75, 3.05) is 6.61 Å². The molecule has 2 rings (SSSR count). The van der Waals surface area contributed by atoms with E-state index < -0.39 is 12.0 Å². The highest BCUT2D eigenvalue weighted by Gasteiger charge is 2.15. The van der Waals surface area contributed by atoms with Crippen molar-refractivity contribution in [3.05, 3.63) is 58.1 Å². The summed E-state index contributed by atoms with van der Waals surface area (Å²) in [6, 6.07) is 12.2. The Bertz CT molecular complexity index is 764. The largest absolute Gasteiger partial charge is 0.494 e. The van der Waals surface area contributed by atoms with E-state index in [4.69, 9.17) is 32.7 Å². The number of hydrazone groups is 1. The van der Waals surface area contributed by atoms with Crippen molar-refractivity contribution in [1.29, 1.82) is 0 Å². The summed E-state index contributed by atoms with van der Waals surface area (Å²) in [5.41, 5.74) is 3.27. The quantitative estimate of drug-likeness (QED) is 0.521. The van der Waals surface area contributed by atoms with Gasteiger partial charge in [-0.25, -0.2) is 5.43 Å². The molecule has 0 saturated heterocycles. The summed E-state index contributed by atoms with van der Waals surface area (Å²) in [6.45, 7) is 4.34. The Balaban J connectivity index is 1.85. The maximum absolute atomic E-state index is 12.0. The molecule has 0 aliphatic heterocycles. The molecule has 0 spiro atoms. The fourth-order valence-corrected chi connectivity index (χ4v) is 2.40. The first-order chi connectivity index (χ1) is 12.5. The maximum Gasteiger partial charge on any atom is 0.280 e. The molecule has 0 saturated carbocycles. The average Bonchev–Trinajstić information content (AvgIpc) is 2.63. The standard InChI is InChI=1S/C19H20Cl2N2O3/c1-3-10-25-16-7-4-14(5-8-16)12-22-23-19(24)13(2)26-18-9-6-15(20)11-17(18)21/h4-9,11-13H,3,10H2,1-2H3,(H,23,24). The van der Waals surface area contributed by atoms with Crippen LogP contribution in [0, 0.1) is 0 Å².